The lowest BCUT2D eigenvalue weighted by atomic mass is 10.1. The fraction of sp³-hybridized carbons (Fsp3) is 0.357. The van der Waals surface area contributed by atoms with Crippen LogP contribution >= 0.6 is 0 Å². The second kappa shape index (κ2) is 6.81. The van der Waals surface area contributed by atoms with E-state index in [1.807, 2.05) is 37.3 Å². The van der Waals surface area contributed by atoms with E-state index in [4.69, 9.17) is 5.11 Å². The number of amides is 1. The number of aliphatic hydroxyl groups excluding tert-OH is 1. The Kier molecular flexibility index (Phi) is 4.84. The van der Waals surface area contributed by atoms with Crippen molar-refractivity contribution in [3.8, 4) is 5.69 Å². The molecule has 1 aromatic heterocycles. The summed E-state index contributed by atoms with van der Waals surface area (Å²) in [6, 6.07) is 9.48. The van der Waals surface area contributed by atoms with Gasteiger partial charge >= 0.3 is 0 Å². The van der Waals surface area contributed by atoms with Gasteiger partial charge in [0.25, 0.3) is 5.91 Å². The van der Waals surface area contributed by atoms with E-state index in [0.29, 0.717) is 13.0 Å². The highest BCUT2D eigenvalue weighted by Gasteiger charge is 2.12. The maximum Gasteiger partial charge on any atom is 0.290 e. The molecule has 6 heteroatoms. The van der Waals surface area contributed by atoms with Crippen molar-refractivity contribution in [1.82, 2.24) is 20.1 Å². The van der Waals surface area contributed by atoms with Crippen molar-refractivity contribution in [2.45, 2.75) is 13.3 Å². The predicted octanol–water partition coefficient (Wildman–Crippen LogP) is 1.02. The highest BCUT2D eigenvalue weighted by Crippen LogP contribution is 2.05. The fourth-order valence-corrected chi connectivity index (χ4v) is 1.74. The topological polar surface area (TPSA) is 80.0 Å². The van der Waals surface area contributed by atoms with Crippen LogP contribution in [0.25, 0.3) is 5.69 Å². The van der Waals surface area contributed by atoms with E-state index in [2.05, 4.69) is 15.4 Å². The monoisotopic (exact) mass is 274 g/mol. The molecule has 0 aliphatic rings. The number of hydrogen-bond acceptors (Lipinski definition) is 4. The van der Waals surface area contributed by atoms with Crippen molar-refractivity contribution in [3.05, 3.63) is 42.5 Å². The van der Waals surface area contributed by atoms with E-state index < -0.39 is 0 Å². The normalized spacial score (nSPS) is 12.1. The van der Waals surface area contributed by atoms with Gasteiger partial charge in [-0.25, -0.2) is 9.67 Å². The van der Waals surface area contributed by atoms with Gasteiger partial charge in [-0.05, 0) is 24.5 Å². The van der Waals surface area contributed by atoms with E-state index in [1.165, 1.54) is 6.33 Å². The van der Waals surface area contributed by atoms with Gasteiger partial charge in [0.05, 0.1) is 5.69 Å². The minimum atomic E-state index is -0.301. The van der Waals surface area contributed by atoms with E-state index in [0.717, 1.165) is 5.69 Å². The van der Waals surface area contributed by atoms with Crippen LogP contribution in [0.2, 0.25) is 0 Å². The van der Waals surface area contributed by atoms with E-state index >= 15 is 0 Å². The van der Waals surface area contributed by atoms with Crippen LogP contribution in [-0.4, -0.2) is 38.9 Å². The van der Waals surface area contributed by atoms with Crippen molar-refractivity contribution in [2.24, 2.45) is 5.92 Å². The smallest absolute Gasteiger partial charge is 0.290 e. The van der Waals surface area contributed by atoms with Crippen LogP contribution in [-0.2, 0) is 0 Å². The summed E-state index contributed by atoms with van der Waals surface area (Å²) in [5, 5.41) is 15.7. The van der Waals surface area contributed by atoms with Crippen LogP contribution in [0.1, 0.15) is 24.0 Å². The summed E-state index contributed by atoms with van der Waals surface area (Å²) in [5.74, 6) is 0.0645. The number of aliphatic hydroxyl groups is 1. The summed E-state index contributed by atoms with van der Waals surface area (Å²) < 4.78 is 1.56. The fourth-order valence-electron chi connectivity index (χ4n) is 1.74. The van der Waals surface area contributed by atoms with Gasteiger partial charge in [0.1, 0.15) is 6.33 Å². The number of rotatable bonds is 6. The average molecular weight is 274 g/mol. The Hall–Kier alpha value is -2.21. The van der Waals surface area contributed by atoms with Crippen LogP contribution in [0.5, 0.6) is 0 Å². The van der Waals surface area contributed by atoms with Gasteiger partial charge in [0, 0.05) is 13.2 Å². The first kappa shape index (κ1) is 14.2. The van der Waals surface area contributed by atoms with Gasteiger partial charge in [-0.2, -0.15) is 0 Å². The van der Waals surface area contributed by atoms with Gasteiger partial charge in [-0.1, -0.05) is 25.1 Å². The molecular weight excluding hydrogens is 256 g/mol. The molecule has 1 unspecified atom stereocenters. The van der Waals surface area contributed by atoms with E-state index in [9.17, 15) is 4.79 Å². The summed E-state index contributed by atoms with van der Waals surface area (Å²) in [7, 11) is 0. The number of benzene rings is 1. The second-order valence-corrected chi connectivity index (χ2v) is 4.68. The molecule has 2 rings (SSSR count). The molecule has 20 heavy (non-hydrogen) atoms. The van der Waals surface area contributed by atoms with Gasteiger partial charge in [-0.3, -0.25) is 4.79 Å². The average Bonchev–Trinajstić information content (AvgIpc) is 2.96. The predicted molar refractivity (Wildman–Crippen MR) is 74.6 cm³/mol. The summed E-state index contributed by atoms with van der Waals surface area (Å²) >= 11 is 0. The molecule has 0 aliphatic carbocycles. The summed E-state index contributed by atoms with van der Waals surface area (Å²) in [5.41, 5.74) is 0.854. The molecular formula is C14H18N4O2. The zero-order valence-electron chi connectivity index (χ0n) is 11.4. The van der Waals surface area contributed by atoms with Crippen LogP contribution in [0.3, 0.4) is 0 Å². The molecule has 0 bridgehead atoms. The molecule has 1 amide bonds. The molecule has 0 aliphatic heterocycles. The molecule has 0 saturated carbocycles. The molecule has 0 radical (unpaired) electrons. The Morgan fingerprint density at radius 1 is 1.40 bits per heavy atom. The molecule has 0 saturated heterocycles. The lowest BCUT2D eigenvalue weighted by Crippen LogP contribution is -2.29. The first-order valence-electron chi connectivity index (χ1n) is 6.57. The summed E-state index contributed by atoms with van der Waals surface area (Å²) in [6.45, 7) is 2.59. The number of para-hydroxylation sites is 1. The quantitative estimate of drug-likeness (QED) is 0.824. The summed E-state index contributed by atoms with van der Waals surface area (Å²) in [6.07, 6.45) is 2.17. The van der Waals surface area contributed by atoms with Gasteiger partial charge < -0.3 is 10.4 Å². The van der Waals surface area contributed by atoms with Gasteiger partial charge in [0.15, 0.2) is 0 Å². The SMILES string of the molecule is CC(CCO)CNC(=O)c1ncn(-c2ccccc2)n1. The molecule has 6 nitrogen and oxygen atoms in total. The third kappa shape index (κ3) is 3.64. The molecule has 2 aromatic rings. The highest BCUT2D eigenvalue weighted by atomic mass is 16.3. The van der Waals surface area contributed by atoms with E-state index in [1.54, 1.807) is 4.68 Å². The van der Waals surface area contributed by atoms with Crippen molar-refractivity contribution in [3.63, 3.8) is 0 Å². The lowest BCUT2D eigenvalue weighted by molar-refractivity contribution is 0.0935. The van der Waals surface area contributed by atoms with Crippen molar-refractivity contribution in [1.29, 1.82) is 0 Å². The Bertz CT molecular complexity index is 553. The van der Waals surface area contributed by atoms with E-state index in [-0.39, 0.29) is 24.3 Å². The number of nitrogens with zero attached hydrogens (tertiary/aromatic N) is 3. The maximum atomic E-state index is 11.9. The number of nitrogens with one attached hydrogen (secondary N) is 1. The maximum absolute atomic E-state index is 11.9. The number of hydrogen-bond donors (Lipinski definition) is 2. The zero-order valence-corrected chi connectivity index (χ0v) is 11.4. The minimum absolute atomic E-state index is 0.123. The third-order valence-electron chi connectivity index (χ3n) is 2.95. The largest absolute Gasteiger partial charge is 0.396 e. The van der Waals surface area contributed by atoms with Crippen LogP contribution in [0, 0.1) is 5.92 Å². The highest BCUT2D eigenvalue weighted by molar-refractivity contribution is 5.90. The Morgan fingerprint density at radius 3 is 2.85 bits per heavy atom. The first-order valence-corrected chi connectivity index (χ1v) is 6.57. The number of carbonyl (C=O) groups excluding carboxylic acids is 1. The molecule has 1 heterocycles. The molecule has 1 atom stereocenters. The first-order chi connectivity index (χ1) is 9.70. The second-order valence-electron chi connectivity index (χ2n) is 4.68. The number of aromatic nitrogens is 3. The Labute approximate surface area is 117 Å². The van der Waals surface area contributed by atoms with Gasteiger partial charge in [0.2, 0.25) is 5.82 Å². The Morgan fingerprint density at radius 2 is 2.15 bits per heavy atom. The molecule has 2 N–H and O–H groups in total. The van der Waals surface area contributed by atoms with Gasteiger partial charge in [-0.15, -0.1) is 5.10 Å². The Balaban J connectivity index is 1.97. The number of carbonyl (C=O) groups is 1. The standard InChI is InChI=1S/C14H18N4O2/c1-11(7-8-19)9-15-14(20)13-16-10-18(17-13)12-5-3-2-4-6-12/h2-6,10-11,19H,7-9H2,1H3,(H,15,20). The molecule has 106 valence electrons. The lowest BCUT2D eigenvalue weighted by Gasteiger charge is -2.09. The minimum Gasteiger partial charge on any atom is -0.396 e. The van der Waals surface area contributed by atoms with Crippen molar-refractivity contribution >= 4 is 5.91 Å². The molecule has 1 aromatic carbocycles. The molecule has 0 spiro atoms. The van der Waals surface area contributed by atoms with Crippen LogP contribution in [0.15, 0.2) is 36.7 Å². The molecule has 0 fully saturated rings. The summed E-state index contributed by atoms with van der Waals surface area (Å²) in [4.78, 5) is 15.9. The van der Waals surface area contributed by atoms with Crippen molar-refractivity contribution < 1.29 is 9.90 Å². The van der Waals surface area contributed by atoms with Crippen molar-refractivity contribution in [2.75, 3.05) is 13.2 Å². The van der Waals surface area contributed by atoms with Crippen LogP contribution < -0.4 is 5.32 Å². The third-order valence-corrected chi connectivity index (χ3v) is 2.95. The van der Waals surface area contributed by atoms with Crippen LogP contribution in [0.4, 0.5) is 0 Å². The zero-order chi connectivity index (χ0) is 14.4.